The third kappa shape index (κ3) is 10.5. The van der Waals surface area contributed by atoms with Gasteiger partial charge in [-0.2, -0.15) is 0 Å². The highest BCUT2D eigenvalue weighted by atomic mass is 16.7. The molecule has 0 saturated heterocycles. The number of carbonyl (C=O) groups excluding carboxylic acids is 2. The van der Waals surface area contributed by atoms with Gasteiger partial charge in [0.1, 0.15) is 24.1 Å². The molecule has 332 valence electrons. The molecule has 3 aromatic carbocycles. The molecule has 1 heterocycles. The number of nitro groups is 1. The Balaban J connectivity index is 1.50. The van der Waals surface area contributed by atoms with Crippen LogP contribution in [0.4, 0.5) is 15.3 Å². The van der Waals surface area contributed by atoms with E-state index in [2.05, 4.69) is 18.0 Å². The number of amides is 2. The molecule has 15 heteroatoms. The molecule has 3 aromatic rings. The number of benzene rings is 3. The second kappa shape index (κ2) is 21.8. The summed E-state index contributed by atoms with van der Waals surface area (Å²) in [5.74, 6) is -1.67. The van der Waals surface area contributed by atoms with Gasteiger partial charge in [-0.25, -0.2) is 9.59 Å². The Morgan fingerprint density at radius 1 is 1.03 bits per heavy atom. The van der Waals surface area contributed by atoms with Crippen molar-refractivity contribution in [2.75, 3.05) is 33.5 Å². The molecule has 0 unspecified atom stereocenters. The molecule has 1 fully saturated rings. The molecular weight excluding hydrogens is 797 g/mol. The van der Waals surface area contributed by atoms with E-state index in [0.29, 0.717) is 48.6 Å². The van der Waals surface area contributed by atoms with Gasteiger partial charge in [0, 0.05) is 56.3 Å². The molecule has 2 aliphatic carbocycles. The van der Waals surface area contributed by atoms with Gasteiger partial charge >= 0.3 is 12.2 Å². The predicted octanol–water partition coefficient (Wildman–Crippen LogP) is 8.20. The van der Waals surface area contributed by atoms with Gasteiger partial charge in [-0.1, -0.05) is 67.4 Å². The first-order valence-corrected chi connectivity index (χ1v) is 21.5. The SMILES string of the molecule is C=CCO[C@@]12Oc3ccc(OC(=O)NCc4ccccc4)cc3[C@H]3[C@H](CCCCO)[C@@H](CCCCO)C=C(C(=NOCc4ccc([N+](=O)[O-])cc4)C[C@@H]1N(CCC)C(=O)OC)[C@H]32. The average molecular weight is 855 g/mol. The van der Waals surface area contributed by atoms with Gasteiger partial charge in [0.25, 0.3) is 5.69 Å². The van der Waals surface area contributed by atoms with Crippen LogP contribution in [0.25, 0.3) is 0 Å². The van der Waals surface area contributed by atoms with E-state index in [1.807, 2.05) is 43.3 Å². The zero-order valence-corrected chi connectivity index (χ0v) is 35.5. The minimum atomic E-state index is -1.49. The number of hydrogen-bond donors (Lipinski definition) is 3. The largest absolute Gasteiger partial charge is 0.459 e. The molecule has 0 spiro atoms. The van der Waals surface area contributed by atoms with E-state index in [-0.39, 0.29) is 62.8 Å². The first-order chi connectivity index (χ1) is 30.2. The van der Waals surface area contributed by atoms with Crippen molar-refractivity contribution in [2.24, 2.45) is 22.9 Å². The molecule has 3 N–H and O–H groups in total. The van der Waals surface area contributed by atoms with Crippen molar-refractivity contribution < 1.29 is 48.5 Å². The minimum absolute atomic E-state index is 0.0252. The lowest BCUT2D eigenvalue weighted by molar-refractivity contribution is -0.384. The van der Waals surface area contributed by atoms with E-state index in [0.717, 1.165) is 42.4 Å². The van der Waals surface area contributed by atoms with E-state index in [9.17, 15) is 29.9 Å². The van der Waals surface area contributed by atoms with Crippen LogP contribution in [0.5, 0.6) is 11.5 Å². The molecule has 62 heavy (non-hydrogen) atoms. The Bertz CT molecular complexity index is 2060. The topological polar surface area (TPSA) is 192 Å². The second-order valence-corrected chi connectivity index (χ2v) is 15.9. The summed E-state index contributed by atoms with van der Waals surface area (Å²) < 4.78 is 25.4. The maximum Gasteiger partial charge on any atom is 0.412 e. The summed E-state index contributed by atoms with van der Waals surface area (Å²) in [5.41, 5.74) is 3.75. The quantitative estimate of drug-likeness (QED) is 0.0405. The fraction of sp³-hybridized carbons (Fsp3) is 0.468. The van der Waals surface area contributed by atoms with Crippen molar-refractivity contribution in [3.63, 3.8) is 0 Å². The fourth-order valence-corrected chi connectivity index (χ4v) is 9.26. The molecule has 1 saturated carbocycles. The molecule has 2 amide bonds. The van der Waals surface area contributed by atoms with Crippen LogP contribution in [0.15, 0.2) is 102 Å². The summed E-state index contributed by atoms with van der Waals surface area (Å²) in [7, 11) is 1.34. The van der Waals surface area contributed by atoms with Crippen molar-refractivity contribution in [1.82, 2.24) is 10.2 Å². The Hall–Kier alpha value is -5.77. The van der Waals surface area contributed by atoms with Gasteiger partial charge in [0.05, 0.1) is 30.3 Å². The van der Waals surface area contributed by atoms with Crippen molar-refractivity contribution in [2.45, 2.75) is 89.2 Å². The van der Waals surface area contributed by atoms with Crippen molar-refractivity contribution in [1.29, 1.82) is 0 Å². The molecule has 3 aliphatic rings. The van der Waals surface area contributed by atoms with Crippen LogP contribution in [0.1, 0.15) is 80.9 Å². The smallest absolute Gasteiger partial charge is 0.412 e. The number of methoxy groups -OCH3 is 1. The standard InChI is InChI=1S/C47H58N4O11/c1-4-23-50(46(55)58-3)42-29-40(49-60-31-33-17-19-35(20-18-33)51(56)57)38-27-34(15-9-11-24-52)37(16-10-12-25-53)43-39-28-36(61-45(54)48-30-32-13-7-6-8-14-32)21-22-41(39)62-47(42,44(38)43)59-26-5-2/h5-8,13-14,17-22,27-28,34,37,42-44,52-53H,2,4,9-12,15-16,23-26,29-31H2,1,3H3,(H,48,54)/t34-,37+,42-,43+,44+,47+/m0/s1. The van der Waals surface area contributed by atoms with Gasteiger partial charge < -0.3 is 39.3 Å². The number of fused-ring (bicyclic) bond motifs is 2. The fourth-order valence-electron chi connectivity index (χ4n) is 9.26. The summed E-state index contributed by atoms with van der Waals surface area (Å²) in [6.45, 7) is 6.73. The Labute approximate surface area is 362 Å². The van der Waals surface area contributed by atoms with Gasteiger partial charge in [0.2, 0.25) is 5.79 Å². The second-order valence-electron chi connectivity index (χ2n) is 15.9. The van der Waals surface area contributed by atoms with Crippen LogP contribution in [-0.4, -0.2) is 83.2 Å². The average Bonchev–Trinajstić information content (AvgIpc) is 3.28. The number of rotatable bonds is 21. The molecule has 0 bridgehead atoms. The van der Waals surface area contributed by atoms with Gasteiger partial charge in [-0.3, -0.25) is 15.0 Å². The number of allylic oxidation sites excluding steroid dienone is 1. The molecule has 0 aromatic heterocycles. The Morgan fingerprint density at radius 3 is 2.45 bits per heavy atom. The molecular formula is C47H58N4O11. The molecule has 6 atom stereocenters. The van der Waals surface area contributed by atoms with E-state index < -0.39 is 34.9 Å². The normalized spacial score (nSPS) is 22.9. The number of nitro benzene ring substituents is 1. The highest BCUT2D eigenvalue weighted by molar-refractivity contribution is 6.03. The summed E-state index contributed by atoms with van der Waals surface area (Å²) in [6, 6.07) is 20.1. The van der Waals surface area contributed by atoms with Gasteiger partial charge in [-0.05, 0) is 91.0 Å². The van der Waals surface area contributed by atoms with Crippen LogP contribution in [0.2, 0.25) is 0 Å². The van der Waals surface area contributed by atoms with Crippen molar-refractivity contribution >= 4 is 23.6 Å². The van der Waals surface area contributed by atoms with Crippen LogP contribution in [0.3, 0.4) is 0 Å². The highest BCUT2D eigenvalue weighted by Gasteiger charge is 2.65. The number of non-ortho nitro benzene ring substituents is 1. The van der Waals surface area contributed by atoms with Crippen LogP contribution >= 0.6 is 0 Å². The maximum atomic E-state index is 13.8. The number of nitrogens with one attached hydrogen (secondary N) is 1. The molecule has 0 radical (unpaired) electrons. The zero-order chi connectivity index (χ0) is 44.1. The summed E-state index contributed by atoms with van der Waals surface area (Å²) >= 11 is 0. The predicted molar refractivity (Wildman–Crippen MR) is 232 cm³/mol. The summed E-state index contributed by atoms with van der Waals surface area (Å²) in [5, 5.41) is 38.7. The van der Waals surface area contributed by atoms with Gasteiger partial charge in [-0.15, -0.1) is 6.58 Å². The lowest BCUT2D eigenvalue weighted by Gasteiger charge is -2.59. The highest BCUT2D eigenvalue weighted by Crippen LogP contribution is 2.62. The number of carbonyl (C=O) groups is 2. The zero-order valence-electron chi connectivity index (χ0n) is 35.5. The van der Waals surface area contributed by atoms with E-state index in [1.165, 1.54) is 19.2 Å². The van der Waals surface area contributed by atoms with Gasteiger partial charge in [0.15, 0.2) is 0 Å². The number of oxime groups is 1. The molecule has 1 aliphatic heterocycles. The Kier molecular flexibility index (Phi) is 16.1. The maximum absolute atomic E-state index is 13.8. The third-order valence-electron chi connectivity index (χ3n) is 11.9. The van der Waals surface area contributed by atoms with Crippen molar-refractivity contribution in [3.05, 3.63) is 124 Å². The first-order valence-electron chi connectivity index (χ1n) is 21.5. The molecule has 15 nitrogen and oxygen atoms in total. The van der Waals surface area contributed by atoms with E-state index in [4.69, 9.17) is 28.9 Å². The van der Waals surface area contributed by atoms with Crippen LogP contribution < -0.4 is 14.8 Å². The number of hydrogen-bond acceptors (Lipinski definition) is 12. The summed E-state index contributed by atoms with van der Waals surface area (Å²) in [4.78, 5) is 45.6. The lowest BCUT2D eigenvalue weighted by Crippen LogP contribution is -2.70. The number of unbranched alkanes of at least 4 members (excludes halogenated alkanes) is 2. The van der Waals surface area contributed by atoms with E-state index in [1.54, 1.807) is 35.2 Å². The number of nitrogens with zero attached hydrogens (tertiary/aromatic N) is 3. The Morgan fingerprint density at radius 2 is 1.77 bits per heavy atom. The molecule has 6 rings (SSSR count). The summed E-state index contributed by atoms with van der Waals surface area (Å²) in [6.07, 6.45) is 7.62. The number of aliphatic hydroxyl groups is 2. The first kappa shape index (κ1) is 45.7. The van der Waals surface area contributed by atoms with Crippen LogP contribution in [0, 0.1) is 27.9 Å². The van der Waals surface area contributed by atoms with Crippen LogP contribution in [-0.2, 0) is 27.5 Å². The number of ether oxygens (including phenoxy) is 4. The third-order valence-corrected chi connectivity index (χ3v) is 11.9. The minimum Gasteiger partial charge on any atom is -0.459 e. The monoisotopic (exact) mass is 854 g/mol. The van der Waals surface area contributed by atoms with Crippen molar-refractivity contribution in [3.8, 4) is 11.5 Å². The van der Waals surface area contributed by atoms with E-state index >= 15 is 0 Å². The number of aliphatic hydroxyl groups excluding tert-OH is 2. The lowest BCUT2D eigenvalue weighted by atomic mass is 9.55.